The van der Waals surface area contributed by atoms with E-state index in [4.69, 9.17) is 9.84 Å². The molecule has 4 nitrogen and oxygen atoms in total. The van der Waals surface area contributed by atoms with Crippen molar-refractivity contribution in [3.8, 4) is 0 Å². The number of aliphatic hydroxyl groups excluding tert-OH is 1. The maximum absolute atomic E-state index is 12.2. The van der Waals surface area contributed by atoms with Crippen LogP contribution in [-0.2, 0) is 11.3 Å². The molecule has 0 aliphatic carbocycles. The highest BCUT2D eigenvalue weighted by Gasteiger charge is 2.18. The quantitative estimate of drug-likeness (QED) is 0.898. The molecule has 1 aliphatic heterocycles. The Bertz CT molecular complexity index is 416. The number of benzene rings is 1. The molecule has 92 valence electrons. The highest BCUT2D eigenvalue weighted by Crippen LogP contribution is 2.19. The van der Waals surface area contributed by atoms with Crippen LogP contribution in [0, 0.1) is 0 Å². The van der Waals surface area contributed by atoms with Gasteiger partial charge in [-0.25, -0.2) is 0 Å². The van der Waals surface area contributed by atoms with E-state index in [0.29, 0.717) is 31.9 Å². The second kappa shape index (κ2) is 5.62. The Morgan fingerprint density at radius 1 is 1.41 bits per heavy atom. The first-order valence-electron chi connectivity index (χ1n) is 5.48. The van der Waals surface area contributed by atoms with Gasteiger partial charge in [0.25, 0.3) is 5.91 Å². The van der Waals surface area contributed by atoms with Crippen molar-refractivity contribution in [3.63, 3.8) is 0 Å². The van der Waals surface area contributed by atoms with Crippen LogP contribution in [0.5, 0.6) is 0 Å². The molecule has 1 N–H and O–H groups in total. The molecular weight excluding hydrogens is 286 g/mol. The minimum absolute atomic E-state index is 0.00417. The fraction of sp³-hybridized carbons (Fsp3) is 0.417. The predicted molar refractivity (Wildman–Crippen MR) is 66.8 cm³/mol. The average Bonchev–Trinajstić information content (AvgIpc) is 2.39. The fourth-order valence-electron chi connectivity index (χ4n) is 1.78. The maximum atomic E-state index is 12.2. The van der Waals surface area contributed by atoms with E-state index in [9.17, 15) is 4.79 Å². The summed E-state index contributed by atoms with van der Waals surface area (Å²) in [6.45, 7) is 2.36. The van der Waals surface area contributed by atoms with Gasteiger partial charge < -0.3 is 14.7 Å². The number of nitrogens with zero attached hydrogens (tertiary/aromatic N) is 1. The fourth-order valence-corrected chi connectivity index (χ4v) is 2.15. The van der Waals surface area contributed by atoms with E-state index >= 15 is 0 Å². The van der Waals surface area contributed by atoms with Gasteiger partial charge in [-0.05, 0) is 23.8 Å². The van der Waals surface area contributed by atoms with E-state index in [-0.39, 0.29) is 12.5 Å². The van der Waals surface area contributed by atoms with Gasteiger partial charge in [0.15, 0.2) is 0 Å². The average molecular weight is 300 g/mol. The lowest BCUT2D eigenvalue weighted by Gasteiger charge is -2.27. The summed E-state index contributed by atoms with van der Waals surface area (Å²) in [6.07, 6.45) is 0. The molecule has 1 aromatic carbocycles. The van der Waals surface area contributed by atoms with Crippen molar-refractivity contribution in [1.29, 1.82) is 0 Å². The van der Waals surface area contributed by atoms with Gasteiger partial charge in [0.05, 0.1) is 19.8 Å². The van der Waals surface area contributed by atoms with Crippen LogP contribution in [0.1, 0.15) is 15.9 Å². The highest BCUT2D eigenvalue weighted by atomic mass is 79.9. The van der Waals surface area contributed by atoms with Gasteiger partial charge >= 0.3 is 0 Å². The van der Waals surface area contributed by atoms with E-state index < -0.39 is 0 Å². The molecule has 1 aromatic rings. The molecule has 17 heavy (non-hydrogen) atoms. The minimum Gasteiger partial charge on any atom is -0.392 e. The van der Waals surface area contributed by atoms with Crippen LogP contribution in [0.25, 0.3) is 0 Å². The number of carbonyl (C=O) groups excluding carboxylic acids is 1. The summed E-state index contributed by atoms with van der Waals surface area (Å²) in [5, 5.41) is 9.16. The molecule has 0 spiro atoms. The number of halogens is 1. The van der Waals surface area contributed by atoms with Gasteiger partial charge in [-0.2, -0.15) is 0 Å². The number of hydrogen-bond donors (Lipinski definition) is 1. The van der Waals surface area contributed by atoms with Gasteiger partial charge in [-0.15, -0.1) is 0 Å². The monoisotopic (exact) mass is 299 g/mol. The second-order valence-corrected chi connectivity index (χ2v) is 4.72. The summed E-state index contributed by atoms with van der Waals surface area (Å²) in [6, 6.07) is 5.28. The normalized spacial score (nSPS) is 16.0. The number of carbonyl (C=O) groups is 1. The highest BCUT2D eigenvalue weighted by molar-refractivity contribution is 9.10. The van der Waals surface area contributed by atoms with Gasteiger partial charge in [0, 0.05) is 23.1 Å². The summed E-state index contributed by atoms with van der Waals surface area (Å²) in [7, 11) is 0. The van der Waals surface area contributed by atoms with E-state index in [1.54, 1.807) is 23.1 Å². The van der Waals surface area contributed by atoms with Crippen molar-refractivity contribution in [3.05, 3.63) is 33.8 Å². The Morgan fingerprint density at radius 3 is 2.76 bits per heavy atom. The number of aliphatic hydroxyl groups is 1. The summed E-state index contributed by atoms with van der Waals surface area (Å²) in [5.41, 5.74) is 1.34. The summed E-state index contributed by atoms with van der Waals surface area (Å²) < 4.78 is 6.03. The van der Waals surface area contributed by atoms with Crippen LogP contribution < -0.4 is 0 Å². The molecule has 0 atom stereocenters. The third kappa shape index (κ3) is 2.86. The lowest BCUT2D eigenvalue weighted by Crippen LogP contribution is -2.40. The van der Waals surface area contributed by atoms with Crippen LogP contribution in [-0.4, -0.2) is 42.2 Å². The number of amides is 1. The summed E-state index contributed by atoms with van der Waals surface area (Å²) in [4.78, 5) is 13.9. The molecule has 0 saturated carbocycles. The molecule has 0 radical (unpaired) electrons. The third-order valence-electron chi connectivity index (χ3n) is 2.76. The summed E-state index contributed by atoms with van der Waals surface area (Å²) in [5.74, 6) is -0.00417. The number of morpholine rings is 1. The lowest BCUT2D eigenvalue weighted by molar-refractivity contribution is 0.0303. The Morgan fingerprint density at radius 2 is 2.12 bits per heavy atom. The zero-order chi connectivity index (χ0) is 12.3. The summed E-state index contributed by atoms with van der Waals surface area (Å²) >= 11 is 3.33. The molecule has 1 amide bonds. The first-order valence-corrected chi connectivity index (χ1v) is 6.28. The molecule has 0 bridgehead atoms. The van der Waals surface area contributed by atoms with Gasteiger partial charge in [0.1, 0.15) is 0 Å². The van der Waals surface area contributed by atoms with Crippen molar-refractivity contribution in [2.75, 3.05) is 26.3 Å². The molecular formula is C12H14BrNO3. The zero-order valence-electron chi connectivity index (χ0n) is 9.36. The Hall–Kier alpha value is -0.910. The SMILES string of the molecule is O=C(c1ccc(Br)c(CO)c1)N1CCOCC1. The van der Waals surface area contributed by atoms with E-state index in [2.05, 4.69) is 15.9 Å². The van der Waals surface area contributed by atoms with Crippen molar-refractivity contribution in [2.45, 2.75) is 6.61 Å². The zero-order valence-corrected chi connectivity index (χ0v) is 10.9. The third-order valence-corrected chi connectivity index (χ3v) is 3.53. The van der Waals surface area contributed by atoms with Crippen molar-refractivity contribution in [1.82, 2.24) is 4.90 Å². The van der Waals surface area contributed by atoms with Crippen molar-refractivity contribution >= 4 is 21.8 Å². The predicted octanol–water partition coefficient (Wildman–Crippen LogP) is 1.41. The maximum Gasteiger partial charge on any atom is 0.254 e. The first-order chi connectivity index (χ1) is 8.22. The van der Waals surface area contributed by atoms with Crippen LogP contribution >= 0.6 is 15.9 Å². The Labute approximate surface area is 108 Å². The Balaban J connectivity index is 2.18. The van der Waals surface area contributed by atoms with E-state index in [1.807, 2.05) is 0 Å². The molecule has 5 heteroatoms. The van der Waals surface area contributed by atoms with Crippen molar-refractivity contribution < 1.29 is 14.6 Å². The number of ether oxygens (including phenoxy) is 1. The number of hydrogen-bond acceptors (Lipinski definition) is 3. The Kier molecular flexibility index (Phi) is 4.15. The van der Waals surface area contributed by atoms with E-state index in [0.717, 1.165) is 10.0 Å². The van der Waals surface area contributed by atoms with Crippen LogP contribution in [0.15, 0.2) is 22.7 Å². The van der Waals surface area contributed by atoms with Crippen LogP contribution in [0.4, 0.5) is 0 Å². The molecule has 1 fully saturated rings. The molecule has 2 rings (SSSR count). The van der Waals surface area contributed by atoms with Gasteiger partial charge in [-0.3, -0.25) is 4.79 Å². The van der Waals surface area contributed by atoms with Gasteiger partial charge in [-0.1, -0.05) is 15.9 Å². The van der Waals surface area contributed by atoms with Crippen molar-refractivity contribution in [2.24, 2.45) is 0 Å². The van der Waals surface area contributed by atoms with Gasteiger partial charge in [0.2, 0.25) is 0 Å². The molecule has 1 heterocycles. The first kappa shape index (κ1) is 12.5. The number of rotatable bonds is 2. The van der Waals surface area contributed by atoms with Crippen LogP contribution in [0.3, 0.4) is 0 Å². The minimum atomic E-state index is -0.0786. The van der Waals surface area contributed by atoms with E-state index in [1.165, 1.54) is 0 Å². The molecule has 0 aromatic heterocycles. The smallest absolute Gasteiger partial charge is 0.254 e. The molecule has 1 saturated heterocycles. The topological polar surface area (TPSA) is 49.8 Å². The molecule has 1 aliphatic rings. The standard InChI is InChI=1S/C12H14BrNO3/c13-11-2-1-9(7-10(11)8-15)12(16)14-3-5-17-6-4-14/h1-2,7,15H,3-6,8H2. The molecule has 0 unspecified atom stereocenters. The van der Waals surface area contributed by atoms with Crippen LogP contribution in [0.2, 0.25) is 0 Å². The second-order valence-electron chi connectivity index (χ2n) is 3.87. The largest absolute Gasteiger partial charge is 0.392 e. The lowest BCUT2D eigenvalue weighted by atomic mass is 10.1.